The number of aromatic nitrogens is 1. The lowest BCUT2D eigenvalue weighted by atomic mass is 10.1. The van der Waals surface area contributed by atoms with Crippen LogP contribution in [0.1, 0.15) is 15.9 Å². The van der Waals surface area contributed by atoms with Gasteiger partial charge in [-0.2, -0.15) is 0 Å². The summed E-state index contributed by atoms with van der Waals surface area (Å²) in [6.45, 7) is 1.30. The van der Waals surface area contributed by atoms with Crippen LogP contribution >= 0.6 is 11.6 Å². The number of benzene rings is 2. The first kappa shape index (κ1) is 18.1. The minimum Gasteiger partial charge on any atom is -0.486 e. The zero-order valence-electron chi connectivity index (χ0n) is 14.8. The second-order valence-corrected chi connectivity index (χ2v) is 6.72. The van der Waals surface area contributed by atoms with E-state index in [0.717, 1.165) is 11.1 Å². The first-order valence-corrected chi connectivity index (χ1v) is 9.14. The Morgan fingerprint density at radius 2 is 1.75 bits per heavy atom. The van der Waals surface area contributed by atoms with Crippen LogP contribution in [0, 0.1) is 0 Å². The minimum absolute atomic E-state index is 0.0512. The molecule has 0 spiro atoms. The molecule has 1 aromatic heterocycles. The molecule has 2 aromatic carbocycles. The van der Waals surface area contributed by atoms with E-state index in [1.165, 1.54) is 6.07 Å². The molecule has 0 atom stereocenters. The molecule has 0 saturated heterocycles. The number of aromatic amines is 1. The highest BCUT2D eigenvalue weighted by atomic mass is 35.5. The average molecular weight is 397 g/mol. The average Bonchev–Trinajstić information content (AvgIpc) is 2.72. The monoisotopic (exact) mass is 396 g/mol. The fourth-order valence-electron chi connectivity index (χ4n) is 2.93. The molecule has 0 fully saturated rings. The van der Waals surface area contributed by atoms with Crippen LogP contribution in [-0.4, -0.2) is 24.1 Å². The van der Waals surface area contributed by atoms with E-state index in [0.29, 0.717) is 35.4 Å². The lowest BCUT2D eigenvalue weighted by Gasteiger charge is -2.18. The van der Waals surface area contributed by atoms with Gasteiger partial charge in [0.05, 0.1) is 0 Å². The Hall–Kier alpha value is -3.25. The number of fused-ring (bicyclic) bond motifs is 1. The van der Waals surface area contributed by atoms with Crippen molar-refractivity contribution in [1.29, 1.82) is 0 Å². The summed E-state index contributed by atoms with van der Waals surface area (Å²) in [6, 6.07) is 15.8. The van der Waals surface area contributed by atoms with Crippen molar-refractivity contribution in [3.63, 3.8) is 0 Å². The van der Waals surface area contributed by atoms with Crippen molar-refractivity contribution < 1.29 is 14.3 Å². The number of nitrogens with one attached hydrogen (secondary N) is 2. The molecule has 2 N–H and O–H groups in total. The topological polar surface area (TPSA) is 80.4 Å². The summed E-state index contributed by atoms with van der Waals surface area (Å²) in [5, 5.41) is 3.37. The fraction of sp³-hybridized carbons (Fsp3) is 0.143. The van der Waals surface area contributed by atoms with Gasteiger partial charge in [0, 0.05) is 17.3 Å². The Kier molecular flexibility index (Phi) is 5.04. The highest BCUT2D eigenvalue weighted by Crippen LogP contribution is 2.30. The summed E-state index contributed by atoms with van der Waals surface area (Å²) in [5.74, 6) is 0.900. The predicted molar refractivity (Wildman–Crippen MR) is 106 cm³/mol. The number of carbonyl (C=O) groups is 1. The van der Waals surface area contributed by atoms with Gasteiger partial charge in [0.1, 0.15) is 18.8 Å². The van der Waals surface area contributed by atoms with Crippen LogP contribution in [0.15, 0.2) is 59.4 Å². The number of rotatable bonds is 4. The summed E-state index contributed by atoms with van der Waals surface area (Å²) < 4.78 is 11.0. The quantitative estimate of drug-likeness (QED) is 0.708. The molecule has 4 rings (SSSR count). The third-order valence-corrected chi connectivity index (χ3v) is 4.62. The second kappa shape index (κ2) is 7.78. The van der Waals surface area contributed by atoms with Gasteiger partial charge in [-0.25, -0.2) is 0 Å². The molecule has 1 amide bonds. The Balaban J connectivity index is 1.46. The number of hydrogen-bond donors (Lipinski definition) is 2. The Morgan fingerprint density at radius 1 is 1.00 bits per heavy atom. The van der Waals surface area contributed by atoms with Crippen molar-refractivity contribution in [1.82, 2.24) is 10.3 Å². The lowest BCUT2D eigenvalue weighted by molar-refractivity contribution is 0.0949. The summed E-state index contributed by atoms with van der Waals surface area (Å²) in [4.78, 5) is 27.5. The van der Waals surface area contributed by atoms with Gasteiger partial charge in [0.15, 0.2) is 11.5 Å². The summed E-state index contributed by atoms with van der Waals surface area (Å²) >= 11 is 5.88. The normalized spacial score (nSPS) is 12.5. The van der Waals surface area contributed by atoms with Gasteiger partial charge in [-0.15, -0.1) is 0 Å². The number of halogens is 1. The molecular weight excluding hydrogens is 380 g/mol. The van der Waals surface area contributed by atoms with E-state index in [1.807, 2.05) is 18.2 Å². The van der Waals surface area contributed by atoms with Crippen LogP contribution < -0.4 is 20.3 Å². The van der Waals surface area contributed by atoms with Gasteiger partial charge in [-0.1, -0.05) is 29.8 Å². The van der Waals surface area contributed by atoms with E-state index in [1.54, 1.807) is 30.3 Å². The number of H-pyrrole nitrogens is 1. The van der Waals surface area contributed by atoms with E-state index in [2.05, 4.69) is 10.3 Å². The zero-order chi connectivity index (χ0) is 19.5. The maximum absolute atomic E-state index is 12.4. The number of amides is 1. The molecule has 0 aliphatic carbocycles. The van der Waals surface area contributed by atoms with Gasteiger partial charge in [-0.05, 0) is 47.5 Å². The van der Waals surface area contributed by atoms with Crippen LogP contribution in [-0.2, 0) is 6.54 Å². The fourth-order valence-corrected chi connectivity index (χ4v) is 3.05. The van der Waals surface area contributed by atoms with Crippen molar-refractivity contribution >= 4 is 17.5 Å². The van der Waals surface area contributed by atoms with Crippen molar-refractivity contribution in [3.8, 4) is 22.8 Å². The lowest BCUT2D eigenvalue weighted by Crippen LogP contribution is -2.29. The third kappa shape index (κ3) is 3.87. The van der Waals surface area contributed by atoms with Crippen LogP contribution in [0.4, 0.5) is 0 Å². The summed E-state index contributed by atoms with van der Waals surface area (Å²) in [5.41, 5.74) is 1.88. The smallest absolute Gasteiger partial charge is 0.261 e. The van der Waals surface area contributed by atoms with Gasteiger partial charge in [0.25, 0.3) is 11.5 Å². The van der Waals surface area contributed by atoms with Crippen molar-refractivity contribution in [2.45, 2.75) is 6.54 Å². The Bertz CT molecular complexity index is 1080. The summed E-state index contributed by atoms with van der Waals surface area (Å²) in [7, 11) is 0. The summed E-state index contributed by atoms with van der Waals surface area (Å²) in [6.07, 6.45) is 0. The van der Waals surface area contributed by atoms with Gasteiger partial charge in [-0.3, -0.25) is 9.59 Å². The number of carbonyl (C=O) groups excluding carboxylic acids is 1. The van der Waals surface area contributed by atoms with Gasteiger partial charge in [0.2, 0.25) is 0 Å². The molecule has 1 aliphatic heterocycles. The molecule has 2 heterocycles. The molecule has 7 heteroatoms. The van der Waals surface area contributed by atoms with Crippen molar-refractivity contribution in [3.05, 3.63) is 81.1 Å². The molecule has 0 radical (unpaired) electrons. The largest absolute Gasteiger partial charge is 0.486 e. The SMILES string of the molecule is O=C(NCc1ccc2c(c1)OCCO2)c1ccc(-c2ccc(Cl)cc2)[nH]c1=O. The van der Waals surface area contributed by atoms with E-state index < -0.39 is 11.5 Å². The van der Waals surface area contributed by atoms with Crippen molar-refractivity contribution in [2.75, 3.05) is 13.2 Å². The molecule has 28 heavy (non-hydrogen) atoms. The molecule has 0 saturated carbocycles. The van der Waals surface area contributed by atoms with E-state index >= 15 is 0 Å². The standard InChI is InChI=1S/C21H17ClN2O4/c22-15-4-2-14(3-5-15)17-7-6-16(21(26)24-17)20(25)23-12-13-1-8-18-19(11-13)28-10-9-27-18/h1-8,11H,9-10,12H2,(H,23,25)(H,24,26). The minimum atomic E-state index is -0.452. The van der Waals surface area contributed by atoms with E-state index in [4.69, 9.17) is 21.1 Å². The third-order valence-electron chi connectivity index (χ3n) is 4.37. The zero-order valence-corrected chi connectivity index (χ0v) is 15.6. The molecule has 6 nitrogen and oxygen atoms in total. The maximum Gasteiger partial charge on any atom is 0.261 e. The van der Waals surface area contributed by atoms with Crippen LogP contribution in [0.5, 0.6) is 11.5 Å². The Morgan fingerprint density at radius 3 is 2.50 bits per heavy atom. The first-order chi connectivity index (χ1) is 13.6. The molecule has 0 unspecified atom stereocenters. The molecular formula is C21H17ClN2O4. The second-order valence-electron chi connectivity index (χ2n) is 6.28. The molecule has 142 valence electrons. The highest BCUT2D eigenvalue weighted by Gasteiger charge is 2.14. The Labute approximate surface area is 166 Å². The first-order valence-electron chi connectivity index (χ1n) is 8.76. The molecule has 0 bridgehead atoms. The van der Waals surface area contributed by atoms with E-state index in [9.17, 15) is 9.59 Å². The van der Waals surface area contributed by atoms with Crippen LogP contribution in [0.3, 0.4) is 0 Å². The van der Waals surface area contributed by atoms with Crippen molar-refractivity contribution in [2.24, 2.45) is 0 Å². The highest BCUT2D eigenvalue weighted by molar-refractivity contribution is 6.30. The van der Waals surface area contributed by atoms with Crippen LogP contribution in [0.25, 0.3) is 11.3 Å². The van der Waals surface area contributed by atoms with Gasteiger partial charge < -0.3 is 19.8 Å². The van der Waals surface area contributed by atoms with Crippen LogP contribution in [0.2, 0.25) is 5.02 Å². The number of hydrogen-bond acceptors (Lipinski definition) is 4. The maximum atomic E-state index is 12.4. The van der Waals surface area contributed by atoms with Gasteiger partial charge >= 0.3 is 0 Å². The molecule has 3 aromatic rings. The predicted octanol–water partition coefficient (Wildman–Crippen LogP) is 3.40. The number of ether oxygens (including phenoxy) is 2. The number of pyridine rings is 1. The van der Waals surface area contributed by atoms with E-state index in [-0.39, 0.29) is 12.1 Å². The molecule has 1 aliphatic rings.